The second kappa shape index (κ2) is 14.0. The molecule has 252 valence electrons. The lowest BCUT2D eigenvalue weighted by molar-refractivity contribution is -0.145. The van der Waals surface area contributed by atoms with Crippen molar-refractivity contribution >= 4 is 40.8 Å². The molecule has 1 aliphatic carbocycles. The summed E-state index contributed by atoms with van der Waals surface area (Å²) in [6.07, 6.45) is 9.30. The average Bonchev–Trinajstić information content (AvgIpc) is 3.24. The molecule has 0 saturated heterocycles. The van der Waals surface area contributed by atoms with E-state index in [2.05, 4.69) is 28.4 Å². The first-order chi connectivity index (χ1) is 23.1. The van der Waals surface area contributed by atoms with E-state index in [1.165, 1.54) is 35.3 Å². The van der Waals surface area contributed by atoms with Crippen LogP contribution in [0.2, 0.25) is 5.02 Å². The number of carbonyl (C=O) groups is 3. The van der Waals surface area contributed by atoms with E-state index in [9.17, 15) is 19.5 Å². The number of methoxy groups -OCH3 is 1. The van der Waals surface area contributed by atoms with E-state index in [1.807, 2.05) is 18.2 Å². The third-order valence-corrected chi connectivity index (χ3v) is 10.1. The van der Waals surface area contributed by atoms with Gasteiger partial charge in [-0.2, -0.15) is 0 Å². The Morgan fingerprint density at radius 3 is 2.62 bits per heavy atom. The minimum absolute atomic E-state index is 0.261. The first-order valence-corrected chi connectivity index (χ1v) is 16.9. The zero-order valence-corrected chi connectivity index (χ0v) is 28.2. The van der Waals surface area contributed by atoms with Crippen LogP contribution in [0.5, 0.6) is 5.75 Å². The van der Waals surface area contributed by atoms with Crippen molar-refractivity contribution in [2.45, 2.75) is 56.0 Å². The van der Waals surface area contributed by atoms with Gasteiger partial charge < -0.3 is 29.7 Å². The van der Waals surface area contributed by atoms with Gasteiger partial charge in [-0.25, -0.2) is 4.79 Å². The Morgan fingerprint density at radius 1 is 1.02 bits per heavy atom. The Kier molecular flexibility index (Phi) is 9.80. The van der Waals surface area contributed by atoms with E-state index in [0.29, 0.717) is 36.7 Å². The summed E-state index contributed by atoms with van der Waals surface area (Å²) in [4.78, 5) is 43.3. The Labute approximate surface area is 286 Å². The van der Waals surface area contributed by atoms with Gasteiger partial charge in [0, 0.05) is 42.8 Å². The van der Waals surface area contributed by atoms with E-state index >= 15 is 0 Å². The molecular weight excluding hydrogens is 630 g/mol. The van der Waals surface area contributed by atoms with Crippen LogP contribution in [0.4, 0.5) is 11.4 Å². The number of hydrogen-bond acceptors (Lipinski definition) is 7. The third kappa shape index (κ3) is 6.80. The Bertz CT molecular complexity index is 1730. The number of benzene rings is 3. The Hall–Kier alpha value is -4.34. The highest BCUT2D eigenvalue weighted by atomic mass is 35.5. The molecule has 0 saturated carbocycles. The fourth-order valence-electron chi connectivity index (χ4n) is 7.13. The zero-order valence-electron chi connectivity index (χ0n) is 27.5. The number of hydrogen-bond donors (Lipinski definition) is 2. The van der Waals surface area contributed by atoms with Gasteiger partial charge in [0.2, 0.25) is 5.91 Å². The number of amides is 2. The lowest BCUT2D eigenvalue weighted by atomic mass is 9.70. The number of aliphatic hydroxyl groups is 1. The highest BCUT2D eigenvalue weighted by Gasteiger charge is 2.44. The Balaban J connectivity index is 1.40. The van der Waals surface area contributed by atoms with Crippen molar-refractivity contribution in [2.75, 3.05) is 50.6 Å². The number of carbonyl (C=O) groups excluding carboxylic acids is 3. The molecule has 0 aromatic heterocycles. The van der Waals surface area contributed by atoms with E-state index < -0.39 is 23.9 Å². The van der Waals surface area contributed by atoms with Crippen molar-refractivity contribution < 1.29 is 29.0 Å². The number of rotatable bonds is 3. The molecule has 2 atom stereocenters. The lowest BCUT2D eigenvalue weighted by Gasteiger charge is -2.41. The summed E-state index contributed by atoms with van der Waals surface area (Å²) < 4.78 is 11.4. The van der Waals surface area contributed by atoms with Crippen LogP contribution in [0.1, 0.15) is 65.6 Å². The van der Waals surface area contributed by atoms with Crippen molar-refractivity contribution in [3.8, 4) is 5.75 Å². The molecule has 6 rings (SSSR count). The normalized spacial score (nSPS) is 23.5. The molecular formula is C38H42ClN3O6. The summed E-state index contributed by atoms with van der Waals surface area (Å²) in [6.45, 7) is 2.31. The van der Waals surface area contributed by atoms with E-state index in [-0.39, 0.29) is 16.9 Å². The largest absolute Gasteiger partial charge is 0.490 e. The number of esters is 1. The molecule has 2 aliphatic heterocycles. The molecule has 48 heavy (non-hydrogen) atoms. The first kappa shape index (κ1) is 33.6. The standard InChI is InChI=1S/C38H42ClN3O6/c1-41-19-6-4-3-5-7-20-42-24-37(18-8-9-27-21-29(39)13-16-31(27)37)25-48-33-17-12-28(22-32(33)42)38(46,23-34(41)43)36(45)40-30-14-10-26(11-15-30)35(44)47-2/h4,6,10-17,21-22,46H,3,5,7-9,18-20,23-25H2,1-2H3,(H,40,45)/b6-4+/t37-,38?/m0/s1. The van der Waals surface area contributed by atoms with Crippen molar-refractivity contribution in [1.29, 1.82) is 0 Å². The predicted octanol–water partition coefficient (Wildman–Crippen LogP) is 6.01. The van der Waals surface area contributed by atoms with Crippen LogP contribution < -0.4 is 15.0 Å². The fourth-order valence-corrected chi connectivity index (χ4v) is 7.33. The van der Waals surface area contributed by atoms with Crippen LogP contribution in [0.25, 0.3) is 0 Å². The maximum atomic E-state index is 14.0. The second-order valence-corrected chi connectivity index (χ2v) is 13.6. The summed E-state index contributed by atoms with van der Waals surface area (Å²) >= 11 is 6.41. The molecule has 3 aromatic rings. The second-order valence-electron chi connectivity index (χ2n) is 13.1. The number of halogens is 1. The number of allylic oxidation sites excluding steroid dienone is 1. The van der Waals surface area contributed by atoms with Crippen LogP contribution >= 0.6 is 11.6 Å². The van der Waals surface area contributed by atoms with Gasteiger partial charge in [0.05, 0.1) is 31.4 Å². The number of nitrogens with one attached hydrogen (secondary N) is 1. The number of anilines is 2. The topological polar surface area (TPSA) is 108 Å². The number of aryl methyl sites for hydroxylation is 1. The van der Waals surface area contributed by atoms with Gasteiger partial charge in [-0.15, -0.1) is 0 Å². The van der Waals surface area contributed by atoms with Crippen LogP contribution in [-0.4, -0.2) is 68.2 Å². The number of likely N-dealkylation sites (N-methyl/N-ethyl adjacent to an activating group) is 1. The van der Waals surface area contributed by atoms with E-state index in [1.54, 1.807) is 31.3 Å². The van der Waals surface area contributed by atoms with Crippen molar-refractivity contribution in [3.63, 3.8) is 0 Å². The van der Waals surface area contributed by atoms with Crippen LogP contribution in [0.3, 0.4) is 0 Å². The van der Waals surface area contributed by atoms with Crippen molar-refractivity contribution in [1.82, 2.24) is 4.90 Å². The number of ether oxygens (including phenoxy) is 2. The fraction of sp³-hybridized carbons (Fsp3) is 0.395. The molecule has 2 heterocycles. The highest BCUT2D eigenvalue weighted by molar-refractivity contribution is 6.30. The number of nitrogens with zero attached hydrogens (tertiary/aromatic N) is 2. The average molecular weight is 672 g/mol. The minimum Gasteiger partial charge on any atom is -0.490 e. The molecule has 10 heteroatoms. The SMILES string of the molecule is COC(=O)c1ccc(NC(=O)C2(O)CC(=O)N(C)C/C=C/CCCCN3C[C@@]4(CCCc5cc(Cl)ccc54)COc4ccc2cc43)cc1. The quantitative estimate of drug-likeness (QED) is 0.259. The van der Waals surface area contributed by atoms with Gasteiger partial charge in [-0.3, -0.25) is 9.59 Å². The van der Waals surface area contributed by atoms with Gasteiger partial charge >= 0.3 is 5.97 Å². The van der Waals surface area contributed by atoms with Crippen LogP contribution in [-0.2, 0) is 31.8 Å². The summed E-state index contributed by atoms with van der Waals surface area (Å²) in [7, 11) is 2.96. The predicted molar refractivity (Wildman–Crippen MR) is 186 cm³/mol. The molecule has 2 bridgehead atoms. The summed E-state index contributed by atoms with van der Waals surface area (Å²) in [5.41, 5.74) is 1.79. The van der Waals surface area contributed by atoms with Crippen LogP contribution in [0.15, 0.2) is 72.8 Å². The maximum Gasteiger partial charge on any atom is 0.337 e. The molecule has 2 amide bonds. The zero-order chi connectivity index (χ0) is 33.9. The number of fused-ring (bicyclic) bond motifs is 3. The Morgan fingerprint density at radius 2 is 1.83 bits per heavy atom. The molecule has 9 nitrogen and oxygen atoms in total. The molecule has 0 radical (unpaired) electrons. The van der Waals surface area contributed by atoms with Crippen molar-refractivity contribution in [3.05, 3.63) is 100 Å². The van der Waals surface area contributed by atoms with Gasteiger partial charge in [0.25, 0.3) is 5.91 Å². The van der Waals surface area contributed by atoms with Crippen LogP contribution in [0, 0.1) is 0 Å². The summed E-state index contributed by atoms with van der Waals surface area (Å²) in [5, 5.41) is 15.8. The van der Waals surface area contributed by atoms with Gasteiger partial charge in [0.1, 0.15) is 5.75 Å². The molecule has 3 aliphatic rings. The van der Waals surface area contributed by atoms with Gasteiger partial charge in [-0.1, -0.05) is 35.9 Å². The monoisotopic (exact) mass is 671 g/mol. The molecule has 1 unspecified atom stereocenters. The lowest BCUT2D eigenvalue weighted by Crippen LogP contribution is -2.46. The summed E-state index contributed by atoms with van der Waals surface area (Å²) in [6, 6.07) is 17.6. The molecule has 2 N–H and O–H groups in total. The smallest absolute Gasteiger partial charge is 0.337 e. The summed E-state index contributed by atoms with van der Waals surface area (Å²) in [5.74, 6) is -0.973. The minimum atomic E-state index is -2.21. The van der Waals surface area contributed by atoms with Gasteiger partial charge in [-0.05, 0) is 104 Å². The first-order valence-electron chi connectivity index (χ1n) is 16.5. The maximum absolute atomic E-state index is 14.0. The highest BCUT2D eigenvalue weighted by Crippen LogP contribution is 2.45. The van der Waals surface area contributed by atoms with E-state index in [4.69, 9.17) is 21.1 Å². The van der Waals surface area contributed by atoms with Gasteiger partial charge in [0.15, 0.2) is 5.60 Å². The molecule has 3 aromatic carbocycles. The van der Waals surface area contributed by atoms with E-state index in [0.717, 1.165) is 55.8 Å². The molecule has 0 fully saturated rings. The molecule has 1 spiro atoms. The van der Waals surface area contributed by atoms with Crippen molar-refractivity contribution in [2.24, 2.45) is 0 Å². The third-order valence-electron chi connectivity index (χ3n) is 9.88.